The Kier molecular flexibility index (Phi) is 5.69. The Bertz CT molecular complexity index is 807. The Labute approximate surface area is 154 Å². The first-order valence-electron chi connectivity index (χ1n) is 8.70. The van der Waals surface area contributed by atoms with Crippen LogP contribution in [-0.2, 0) is 4.79 Å². The van der Waals surface area contributed by atoms with Crippen molar-refractivity contribution in [2.24, 2.45) is 0 Å². The average Bonchev–Trinajstić information content (AvgIpc) is 2.68. The van der Waals surface area contributed by atoms with Gasteiger partial charge in [0.05, 0.1) is 6.04 Å². The van der Waals surface area contributed by atoms with Crippen molar-refractivity contribution in [3.63, 3.8) is 0 Å². The van der Waals surface area contributed by atoms with Crippen LogP contribution in [0.25, 0.3) is 0 Å². The van der Waals surface area contributed by atoms with Crippen LogP contribution >= 0.6 is 0 Å². The van der Waals surface area contributed by atoms with Gasteiger partial charge in [0.25, 0.3) is 5.91 Å². The van der Waals surface area contributed by atoms with Gasteiger partial charge < -0.3 is 9.64 Å². The Morgan fingerprint density at radius 2 is 1.46 bits per heavy atom. The Morgan fingerprint density at radius 1 is 0.885 bits per heavy atom. The predicted molar refractivity (Wildman–Crippen MR) is 104 cm³/mol. The number of carbonyl (C=O) groups excluding carboxylic acids is 1. The zero-order valence-electron chi connectivity index (χ0n) is 15.1. The summed E-state index contributed by atoms with van der Waals surface area (Å²) in [6, 6.07) is 27.7. The maximum Gasteiger partial charge on any atom is 0.261 e. The zero-order chi connectivity index (χ0) is 18.4. The molecule has 1 amide bonds. The number of aryl methyl sites for hydroxylation is 1. The molecule has 0 heterocycles. The Balaban J connectivity index is 1.79. The van der Waals surface area contributed by atoms with Crippen LogP contribution < -0.4 is 4.74 Å². The third-order valence-electron chi connectivity index (χ3n) is 4.36. The van der Waals surface area contributed by atoms with E-state index in [1.165, 1.54) is 0 Å². The van der Waals surface area contributed by atoms with Gasteiger partial charge in [0.15, 0.2) is 6.61 Å². The summed E-state index contributed by atoms with van der Waals surface area (Å²) in [6.45, 7) is 2.01. The fourth-order valence-electron chi connectivity index (χ4n) is 3.01. The van der Waals surface area contributed by atoms with E-state index in [0.717, 1.165) is 16.7 Å². The maximum absolute atomic E-state index is 12.8. The highest BCUT2D eigenvalue weighted by atomic mass is 16.5. The highest BCUT2D eigenvalue weighted by Gasteiger charge is 2.23. The molecule has 0 spiro atoms. The average molecular weight is 345 g/mol. The summed E-state index contributed by atoms with van der Waals surface area (Å²) in [7, 11) is 1.83. The van der Waals surface area contributed by atoms with Crippen LogP contribution in [0.4, 0.5) is 0 Å². The summed E-state index contributed by atoms with van der Waals surface area (Å²) in [5.41, 5.74) is 3.25. The molecule has 3 aromatic rings. The van der Waals surface area contributed by atoms with Gasteiger partial charge in [0, 0.05) is 7.05 Å². The van der Waals surface area contributed by atoms with Gasteiger partial charge in [0.1, 0.15) is 5.75 Å². The van der Waals surface area contributed by atoms with Crippen LogP contribution in [0.15, 0.2) is 84.9 Å². The molecule has 3 nitrogen and oxygen atoms in total. The molecule has 3 aromatic carbocycles. The minimum absolute atomic E-state index is 0.0100. The van der Waals surface area contributed by atoms with Crippen molar-refractivity contribution >= 4 is 5.91 Å². The van der Waals surface area contributed by atoms with E-state index in [1.54, 1.807) is 4.90 Å². The summed E-state index contributed by atoms with van der Waals surface area (Å²) in [5, 5.41) is 0. The predicted octanol–water partition coefficient (Wildman–Crippen LogP) is 4.62. The van der Waals surface area contributed by atoms with E-state index < -0.39 is 0 Å². The standard InChI is InChI=1S/C23H23NO2/c1-18-10-9-15-21(16-18)26-17-22(25)24(2)23(19-11-5-3-6-12-19)20-13-7-4-8-14-20/h3-16,23H,17H2,1-2H3. The van der Waals surface area contributed by atoms with Crippen LogP contribution in [-0.4, -0.2) is 24.5 Å². The number of carbonyl (C=O) groups is 1. The van der Waals surface area contributed by atoms with E-state index in [-0.39, 0.29) is 18.6 Å². The largest absolute Gasteiger partial charge is 0.484 e. The molecule has 0 aliphatic rings. The van der Waals surface area contributed by atoms with Crippen molar-refractivity contribution < 1.29 is 9.53 Å². The van der Waals surface area contributed by atoms with E-state index in [4.69, 9.17) is 4.74 Å². The SMILES string of the molecule is Cc1cccc(OCC(=O)N(C)C(c2ccccc2)c2ccccc2)c1. The third-order valence-corrected chi connectivity index (χ3v) is 4.36. The molecule has 3 heteroatoms. The third kappa shape index (κ3) is 4.31. The molecule has 3 rings (SSSR count). The van der Waals surface area contributed by atoms with Crippen molar-refractivity contribution in [1.82, 2.24) is 4.90 Å². The summed E-state index contributed by atoms with van der Waals surface area (Å²) in [5.74, 6) is 0.645. The van der Waals surface area contributed by atoms with E-state index in [9.17, 15) is 4.79 Å². The number of hydrogen-bond acceptors (Lipinski definition) is 2. The molecule has 132 valence electrons. The first kappa shape index (κ1) is 17.7. The van der Waals surface area contributed by atoms with Gasteiger partial charge in [-0.2, -0.15) is 0 Å². The fraction of sp³-hybridized carbons (Fsp3) is 0.174. The maximum atomic E-state index is 12.8. The molecule has 0 aliphatic heterocycles. The molecular formula is C23H23NO2. The lowest BCUT2D eigenvalue weighted by molar-refractivity contribution is -0.133. The quantitative estimate of drug-likeness (QED) is 0.652. The minimum atomic E-state index is -0.147. The fourth-order valence-corrected chi connectivity index (χ4v) is 3.01. The van der Waals surface area contributed by atoms with Gasteiger partial charge in [-0.15, -0.1) is 0 Å². The second-order valence-corrected chi connectivity index (χ2v) is 6.33. The molecule has 0 saturated heterocycles. The highest BCUT2D eigenvalue weighted by Crippen LogP contribution is 2.27. The van der Waals surface area contributed by atoms with E-state index in [2.05, 4.69) is 0 Å². The summed E-state index contributed by atoms with van der Waals surface area (Å²) in [6.07, 6.45) is 0. The molecular weight excluding hydrogens is 322 g/mol. The molecule has 0 aliphatic carbocycles. The summed E-state index contributed by atoms with van der Waals surface area (Å²) < 4.78 is 5.70. The molecule has 0 radical (unpaired) electrons. The van der Waals surface area contributed by atoms with Gasteiger partial charge in [-0.25, -0.2) is 0 Å². The molecule has 0 bridgehead atoms. The number of amides is 1. The van der Waals surface area contributed by atoms with Gasteiger partial charge in [-0.05, 0) is 35.7 Å². The number of likely N-dealkylation sites (N-methyl/N-ethyl adjacent to an activating group) is 1. The van der Waals surface area contributed by atoms with Crippen molar-refractivity contribution in [3.05, 3.63) is 102 Å². The number of hydrogen-bond donors (Lipinski definition) is 0. The van der Waals surface area contributed by atoms with Crippen molar-refractivity contribution in [1.29, 1.82) is 0 Å². The van der Waals surface area contributed by atoms with E-state index >= 15 is 0 Å². The van der Waals surface area contributed by atoms with Crippen molar-refractivity contribution in [3.8, 4) is 5.75 Å². The molecule has 0 saturated carbocycles. The second kappa shape index (κ2) is 8.34. The molecule has 26 heavy (non-hydrogen) atoms. The molecule has 0 unspecified atom stereocenters. The molecule has 0 N–H and O–H groups in total. The summed E-state index contributed by atoms with van der Waals surface area (Å²) >= 11 is 0. The second-order valence-electron chi connectivity index (χ2n) is 6.33. The molecule has 0 atom stereocenters. The van der Waals surface area contributed by atoms with Crippen molar-refractivity contribution in [2.75, 3.05) is 13.7 Å². The summed E-state index contributed by atoms with van der Waals surface area (Å²) in [4.78, 5) is 14.5. The van der Waals surface area contributed by atoms with Crippen molar-refractivity contribution in [2.45, 2.75) is 13.0 Å². The first-order chi connectivity index (χ1) is 12.6. The lowest BCUT2D eigenvalue weighted by Gasteiger charge is -2.29. The number of ether oxygens (including phenoxy) is 1. The molecule has 0 fully saturated rings. The first-order valence-corrected chi connectivity index (χ1v) is 8.70. The topological polar surface area (TPSA) is 29.5 Å². The molecule has 0 aromatic heterocycles. The highest BCUT2D eigenvalue weighted by molar-refractivity contribution is 5.78. The lowest BCUT2D eigenvalue weighted by atomic mass is 9.97. The number of benzene rings is 3. The smallest absolute Gasteiger partial charge is 0.261 e. The van der Waals surface area contributed by atoms with Crippen LogP contribution in [0.3, 0.4) is 0 Å². The van der Waals surface area contributed by atoms with Crippen LogP contribution in [0.5, 0.6) is 5.75 Å². The lowest BCUT2D eigenvalue weighted by Crippen LogP contribution is -2.35. The zero-order valence-corrected chi connectivity index (χ0v) is 15.1. The Morgan fingerprint density at radius 3 is 2.00 bits per heavy atom. The van der Waals surface area contributed by atoms with Gasteiger partial charge >= 0.3 is 0 Å². The number of nitrogens with zero attached hydrogens (tertiary/aromatic N) is 1. The van der Waals surface area contributed by atoms with Crippen LogP contribution in [0.1, 0.15) is 22.7 Å². The van der Waals surface area contributed by atoms with E-state index in [1.807, 2.05) is 98.9 Å². The van der Waals surface area contributed by atoms with Gasteiger partial charge in [0.2, 0.25) is 0 Å². The minimum Gasteiger partial charge on any atom is -0.484 e. The monoisotopic (exact) mass is 345 g/mol. The van der Waals surface area contributed by atoms with Crippen LogP contribution in [0, 0.1) is 6.92 Å². The van der Waals surface area contributed by atoms with E-state index in [0.29, 0.717) is 5.75 Å². The van der Waals surface area contributed by atoms with Crippen LogP contribution in [0.2, 0.25) is 0 Å². The van der Waals surface area contributed by atoms with Gasteiger partial charge in [-0.3, -0.25) is 4.79 Å². The Hall–Kier alpha value is -3.07. The van der Waals surface area contributed by atoms with Gasteiger partial charge in [-0.1, -0.05) is 72.8 Å². The normalized spacial score (nSPS) is 10.6. The number of rotatable bonds is 6.